The minimum Gasteiger partial charge on any atom is -0.371 e. The van der Waals surface area contributed by atoms with Gasteiger partial charge in [-0.05, 0) is 31.0 Å². The first-order valence-corrected chi connectivity index (χ1v) is 7.48. The molecule has 0 spiro atoms. The summed E-state index contributed by atoms with van der Waals surface area (Å²) in [5, 5.41) is 12.8. The minimum absolute atomic E-state index is 0.451. The predicted octanol–water partition coefficient (Wildman–Crippen LogP) is 3.68. The van der Waals surface area contributed by atoms with Crippen molar-refractivity contribution in [3.8, 4) is 6.07 Å². The smallest absolute Gasteiger partial charge is 0.101 e. The van der Waals surface area contributed by atoms with Crippen LogP contribution >= 0.6 is 0 Å². The molecule has 0 aromatic heterocycles. The first-order valence-electron chi connectivity index (χ1n) is 7.48. The first kappa shape index (κ1) is 16.5. The molecule has 0 amide bonds. The fourth-order valence-electron chi connectivity index (χ4n) is 2.26. The van der Waals surface area contributed by atoms with E-state index in [1.807, 2.05) is 6.07 Å². The van der Waals surface area contributed by atoms with E-state index in [-0.39, 0.29) is 0 Å². The summed E-state index contributed by atoms with van der Waals surface area (Å²) in [6.45, 7) is 9.45. The Morgan fingerprint density at radius 3 is 2.55 bits per heavy atom. The third kappa shape index (κ3) is 4.54. The maximum Gasteiger partial charge on any atom is 0.101 e. The van der Waals surface area contributed by atoms with E-state index >= 15 is 0 Å². The van der Waals surface area contributed by atoms with Gasteiger partial charge >= 0.3 is 0 Å². The van der Waals surface area contributed by atoms with E-state index < -0.39 is 0 Å². The quantitative estimate of drug-likeness (QED) is 0.823. The Morgan fingerprint density at radius 2 is 2.00 bits per heavy atom. The van der Waals surface area contributed by atoms with E-state index in [4.69, 9.17) is 0 Å². The zero-order valence-corrected chi connectivity index (χ0v) is 13.4. The molecule has 3 heteroatoms. The van der Waals surface area contributed by atoms with Crippen LogP contribution < -0.4 is 10.2 Å². The van der Waals surface area contributed by atoms with Crippen molar-refractivity contribution >= 4 is 5.69 Å². The van der Waals surface area contributed by atoms with Gasteiger partial charge in [0.05, 0.1) is 11.3 Å². The molecule has 1 N–H and O–H groups in total. The topological polar surface area (TPSA) is 39.1 Å². The molecule has 1 rings (SSSR count). The average molecular weight is 273 g/mol. The molecule has 0 aliphatic heterocycles. The predicted molar refractivity (Wildman–Crippen MR) is 85.9 cm³/mol. The van der Waals surface area contributed by atoms with Crippen molar-refractivity contribution in [1.82, 2.24) is 5.32 Å². The van der Waals surface area contributed by atoms with Crippen LogP contribution in [-0.4, -0.2) is 19.1 Å². The van der Waals surface area contributed by atoms with Crippen LogP contribution in [0.1, 0.15) is 51.7 Å². The third-order valence-electron chi connectivity index (χ3n) is 3.64. The van der Waals surface area contributed by atoms with Gasteiger partial charge in [0.15, 0.2) is 0 Å². The maximum absolute atomic E-state index is 9.38. The molecule has 0 bridgehead atoms. The molecule has 0 saturated carbocycles. The number of benzene rings is 1. The van der Waals surface area contributed by atoms with Crippen LogP contribution in [0.2, 0.25) is 0 Å². The maximum atomic E-state index is 9.38. The summed E-state index contributed by atoms with van der Waals surface area (Å²) >= 11 is 0. The minimum atomic E-state index is 0.451. The summed E-state index contributed by atoms with van der Waals surface area (Å²) in [7, 11) is 2.07. The second-order valence-electron chi connectivity index (χ2n) is 5.75. The monoisotopic (exact) mass is 273 g/mol. The zero-order valence-electron chi connectivity index (χ0n) is 13.4. The second kappa shape index (κ2) is 7.91. The molecule has 0 aliphatic rings. The van der Waals surface area contributed by atoms with Gasteiger partial charge in [0, 0.05) is 25.7 Å². The van der Waals surface area contributed by atoms with Crippen LogP contribution in [0.25, 0.3) is 0 Å². The van der Waals surface area contributed by atoms with Crippen LogP contribution in [0, 0.1) is 11.3 Å². The van der Waals surface area contributed by atoms with Crippen LogP contribution in [0.5, 0.6) is 0 Å². The molecule has 3 nitrogen and oxygen atoms in total. The number of nitrogens with zero attached hydrogens (tertiary/aromatic N) is 2. The van der Waals surface area contributed by atoms with E-state index in [1.165, 1.54) is 0 Å². The molecule has 1 unspecified atom stereocenters. The Bertz CT molecular complexity index is 460. The van der Waals surface area contributed by atoms with Gasteiger partial charge in [-0.3, -0.25) is 0 Å². The molecule has 1 aromatic carbocycles. The fourth-order valence-corrected chi connectivity index (χ4v) is 2.26. The molecule has 1 atom stereocenters. The lowest BCUT2D eigenvalue weighted by Gasteiger charge is -2.28. The summed E-state index contributed by atoms with van der Waals surface area (Å²) in [4.78, 5) is 2.21. The van der Waals surface area contributed by atoms with Gasteiger partial charge in [0.25, 0.3) is 0 Å². The van der Waals surface area contributed by atoms with Crippen LogP contribution in [-0.2, 0) is 6.54 Å². The van der Waals surface area contributed by atoms with Gasteiger partial charge in [-0.2, -0.15) is 5.26 Å². The van der Waals surface area contributed by atoms with Crippen molar-refractivity contribution in [1.29, 1.82) is 5.26 Å². The Labute approximate surface area is 123 Å². The molecule has 0 heterocycles. The summed E-state index contributed by atoms with van der Waals surface area (Å²) in [6, 6.07) is 9.42. The van der Waals surface area contributed by atoms with Crippen LogP contribution in [0.3, 0.4) is 0 Å². The Morgan fingerprint density at radius 1 is 1.30 bits per heavy atom. The lowest BCUT2D eigenvalue weighted by Crippen LogP contribution is -2.29. The molecule has 0 saturated heterocycles. The Hall–Kier alpha value is -1.53. The second-order valence-corrected chi connectivity index (χ2v) is 5.75. The summed E-state index contributed by atoms with van der Waals surface area (Å²) in [6.07, 6.45) is 2.29. The van der Waals surface area contributed by atoms with E-state index in [2.05, 4.69) is 63.2 Å². The van der Waals surface area contributed by atoms with Gasteiger partial charge in [0.1, 0.15) is 6.07 Å². The highest BCUT2D eigenvalue weighted by Gasteiger charge is 2.13. The third-order valence-corrected chi connectivity index (χ3v) is 3.64. The summed E-state index contributed by atoms with van der Waals surface area (Å²) in [5.74, 6) is 0. The SMILES string of the molecule is CCCC(C)N(C)c1ccc(CNC(C)C)cc1C#N. The van der Waals surface area contributed by atoms with Crippen molar-refractivity contribution in [3.05, 3.63) is 29.3 Å². The summed E-state index contributed by atoms with van der Waals surface area (Å²) < 4.78 is 0. The van der Waals surface area contributed by atoms with Crippen molar-refractivity contribution in [2.45, 2.75) is 59.2 Å². The van der Waals surface area contributed by atoms with Crippen molar-refractivity contribution in [2.24, 2.45) is 0 Å². The fraction of sp³-hybridized carbons (Fsp3) is 0.588. The Kier molecular flexibility index (Phi) is 6.54. The number of nitrogens with one attached hydrogen (secondary N) is 1. The lowest BCUT2D eigenvalue weighted by molar-refractivity contribution is 0.588. The molecular weight excluding hydrogens is 246 g/mol. The molecular formula is C17H27N3. The molecule has 1 aromatic rings. The highest BCUT2D eigenvalue weighted by molar-refractivity contribution is 5.60. The van der Waals surface area contributed by atoms with Gasteiger partial charge in [-0.15, -0.1) is 0 Å². The zero-order chi connectivity index (χ0) is 15.1. The van der Waals surface area contributed by atoms with E-state index in [1.54, 1.807) is 0 Å². The van der Waals surface area contributed by atoms with Gasteiger partial charge in [-0.1, -0.05) is 33.3 Å². The largest absolute Gasteiger partial charge is 0.371 e. The molecule has 20 heavy (non-hydrogen) atoms. The number of nitriles is 1. The van der Waals surface area contributed by atoms with Gasteiger partial charge in [0.2, 0.25) is 0 Å². The molecule has 0 radical (unpaired) electrons. The number of hydrogen-bond donors (Lipinski definition) is 1. The highest BCUT2D eigenvalue weighted by Crippen LogP contribution is 2.23. The standard InChI is InChI=1S/C17H27N3/c1-6-7-14(4)20(5)17-9-8-15(10-16(17)11-18)12-19-13(2)3/h8-10,13-14,19H,6-7,12H2,1-5H3. The summed E-state index contributed by atoms with van der Waals surface area (Å²) in [5.41, 5.74) is 2.95. The first-order chi connectivity index (χ1) is 9.49. The van der Waals surface area contributed by atoms with Gasteiger partial charge in [-0.25, -0.2) is 0 Å². The molecule has 110 valence electrons. The van der Waals surface area contributed by atoms with Crippen molar-refractivity contribution < 1.29 is 0 Å². The number of anilines is 1. The highest BCUT2D eigenvalue weighted by atomic mass is 15.1. The van der Waals surface area contributed by atoms with Gasteiger partial charge < -0.3 is 10.2 Å². The number of hydrogen-bond acceptors (Lipinski definition) is 3. The molecule has 0 aliphatic carbocycles. The number of rotatable bonds is 7. The van der Waals surface area contributed by atoms with Crippen molar-refractivity contribution in [3.63, 3.8) is 0 Å². The van der Waals surface area contributed by atoms with Crippen LogP contribution in [0.4, 0.5) is 5.69 Å². The average Bonchev–Trinajstić information content (AvgIpc) is 2.44. The van der Waals surface area contributed by atoms with E-state index in [9.17, 15) is 5.26 Å². The normalized spacial score (nSPS) is 12.2. The van der Waals surface area contributed by atoms with E-state index in [0.717, 1.165) is 36.2 Å². The van der Waals surface area contributed by atoms with Crippen LogP contribution in [0.15, 0.2) is 18.2 Å². The van der Waals surface area contributed by atoms with Crippen molar-refractivity contribution in [2.75, 3.05) is 11.9 Å². The lowest BCUT2D eigenvalue weighted by atomic mass is 10.1. The Balaban J connectivity index is 2.90. The van der Waals surface area contributed by atoms with E-state index in [0.29, 0.717) is 12.1 Å². The molecule has 0 fully saturated rings.